The molecule has 0 unspecified atom stereocenters. The molecular weight excluding hydrogens is 346 g/mol. The summed E-state index contributed by atoms with van der Waals surface area (Å²) in [7, 11) is 0. The second kappa shape index (κ2) is 8.70. The highest BCUT2D eigenvalue weighted by Gasteiger charge is 2.20. The molecule has 128 valence electrons. The molecule has 3 N–H and O–H groups in total. The minimum atomic E-state index is -0.580. The number of amides is 2. The van der Waals surface area contributed by atoms with Crippen molar-refractivity contribution in [3.05, 3.63) is 29.6 Å². The highest BCUT2D eigenvalue weighted by Crippen LogP contribution is 2.27. The topological polar surface area (TPSA) is 91.3 Å². The van der Waals surface area contributed by atoms with Crippen LogP contribution in [0.1, 0.15) is 13.3 Å². The molecule has 0 bridgehead atoms. The minimum absolute atomic E-state index is 0.161. The number of phenols is 1. The van der Waals surface area contributed by atoms with Crippen LogP contribution < -0.4 is 10.6 Å². The van der Waals surface area contributed by atoms with Gasteiger partial charge in [-0.05, 0) is 30.6 Å². The number of thioether (sulfide) groups is 1. The lowest BCUT2D eigenvalue weighted by atomic mass is 10.2. The molecule has 0 aliphatic heterocycles. The monoisotopic (exact) mass is 365 g/mol. The number of thiazole rings is 1. The maximum Gasteiger partial charge on any atom is 0.248 e. The van der Waals surface area contributed by atoms with E-state index in [2.05, 4.69) is 15.6 Å². The molecule has 1 aromatic carbocycles. The fraction of sp³-hybridized carbons (Fsp3) is 0.312. The van der Waals surface area contributed by atoms with Crippen molar-refractivity contribution < 1.29 is 14.7 Å². The summed E-state index contributed by atoms with van der Waals surface area (Å²) in [5.41, 5.74) is 1.44. The summed E-state index contributed by atoms with van der Waals surface area (Å²) in [5, 5.41) is 17.2. The average Bonchev–Trinajstić information content (AvgIpc) is 2.99. The van der Waals surface area contributed by atoms with Crippen LogP contribution in [0.15, 0.2) is 29.6 Å². The van der Waals surface area contributed by atoms with Gasteiger partial charge in [-0.2, -0.15) is 11.8 Å². The van der Waals surface area contributed by atoms with Crippen molar-refractivity contribution in [2.24, 2.45) is 0 Å². The number of anilines is 1. The van der Waals surface area contributed by atoms with E-state index in [1.54, 1.807) is 35.3 Å². The van der Waals surface area contributed by atoms with Crippen molar-refractivity contribution in [2.75, 3.05) is 17.3 Å². The van der Waals surface area contributed by atoms with E-state index in [4.69, 9.17) is 0 Å². The van der Waals surface area contributed by atoms with Crippen molar-refractivity contribution in [3.63, 3.8) is 0 Å². The number of nitrogens with zero attached hydrogens (tertiary/aromatic N) is 1. The van der Waals surface area contributed by atoms with Gasteiger partial charge in [-0.15, -0.1) is 11.3 Å². The van der Waals surface area contributed by atoms with Crippen LogP contribution in [0.3, 0.4) is 0 Å². The van der Waals surface area contributed by atoms with Crippen LogP contribution >= 0.6 is 23.1 Å². The lowest BCUT2D eigenvalue weighted by Crippen LogP contribution is -2.43. The maximum absolute atomic E-state index is 12.3. The number of aromatic nitrogens is 1. The van der Waals surface area contributed by atoms with Crippen LogP contribution in [0.25, 0.3) is 11.3 Å². The fourth-order valence-corrected chi connectivity index (χ4v) is 3.27. The van der Waals surface area contributed by atoms with Crippen LogP contribution in [-0.4, -0.2) is 40.0 Å². The van der Waals surface area contributed by atoms with Crippen LogP contribution in [-0.2, 0) is 9.59 Å². The molecule has 24 heavy (non-hydrogen) atoms. The molecule has 0 saturated heterocycles. The molecule has 0 aliphatic rings. The fourth-order valence-electron chi connectivity index (χ4n) is 2.07. The predicted octanol–water partition coefficient (Wildman–Crippen LogP) is 2.71. The number of hydrogen-bond donors (Lipinski definition) is 3. The Morgan fingerprint density at radius 1 is 1.42 bits per heavy atom. The zero-order valence-electron chi connectivity index (χ0n) is 13.4. The number of aromatic hydroxyl groups is 1. The lowest BCUT2D eigenvalue weighted by molar-refractivity contribution is -0.125. The standard InChI is InChI=1S/C16H19N3O3S2/c1-10(20)17-13(6-7-23-2)15(22)19-16-18-14(9-24-16)11-4-3-5-12(21)8-11/h3-5,8-9,13,21H,6-7H2,1-2H3,(H,17,20)(H,18,19,22)/t13-/m0/s1. The smallest absolute Gasteiger partial charge is 0.248 e. The van der Waals surface area contributed by atoms with E-state index < -0.39 is 6.04 Å². The Labute approximate surface area is 148 Å². The summed E-state index contributed by atoms with van der Waals surface area (Å²) >= 11 is 2.91. The van der Waals surface area contributed by atoms with Gasteiger partial charge in [0.2, 0.25) is 11.8 Å². The van der Waals surface area contributed by atoms with Crippen LogP contribution in [0.4, 0.5) is 5.13 Å². The first-order chi connectivity index (χ1) is 11.5. The first-order valence-electron chi connectivity index (χ1n) is 7.31. The van der Waals surface area contributed by atoms with Gasteiger partial charge in [-0.1, -0.05) is 12.1 Å². The second-order valence-corrected chi connectivity index (χ2v) is 6.96. The lowest BCUT2D eigenvalue weighted by Gasteiger charge is -2.16. The van der Waals surface area contributed by atoms with Gasteiger partial charge in [0.05, 0.1) is 5.69 Å². The Morgan fingerprint density at radius 2 is 2.21 bits per heavy atom. The third-order valence-corrected chi connectivity index (χ3v) is 4.58. The van der Waals surface area contributed by atoms with Crippen molar-refractivity contribution >= 4 is 40.0 Å². The Bertz CT molecular complexity index is 718. The molecule has 1 aromatic heterocycles. The minimum Gasteiger partial charge on any atom is -0.508 e. The molecule has 2 rings (SSSR count). The number of rotatable bonds is 7. The molecular formula is C16H19N3O3S2. The van der Waals surface area contributed by atoms with Crippen LogP contribution in [0, 0.1) is 0 Å². The predicted molar refractivity (Wildman–Crippen MR) is 98.4 cm³/mol. The van der Waals surface area contributed by atoms with E-state index in [0.29, 0.717) is 17.2 Å². The summed E-state index contributed by atoms with van der Waals surface area (Å²) < 4.78 is 0. The molecule has 2 amide bonds. The second-order valence-electron chi connectivity index (χ2n) is 5.11. The van der Waals surface area contributed by atoms with Crippen LogP contribution in [0.5, 0.6) is 5.75 Å². The van der Waals surface area contributed by atoms with E-state index in [9.17, 15) is 14.7 Å². The number of carbonyl (C=O) groups is 2. The first-order valence-corrected chi connectivity index (χ1v) is 9.58. The van der Waals surface area contributed by atoms with E-state index in [-0.39, 0.29) is 17.6 Å². The van der Waals surface area contributed by atoms with E-state index in [1.165, 1.54) is 18.3 Å². The Morgan fingerprint density at radius 3 is 2.88 bits per heavy atom. The Hall–Kier alpha value is -2.06. The van der Waals surface area contributed by atoms with Gasteiger partial charge in [0.25, 0.3) is 0 Å². The highest BCUT2D eigenvalue weighted by molar-refractivity contribution is 7.98. The molecule has 0 saturated carbocycles. The Kier molecular flexibility index (Phi) is 6.62. The zero-order chi connectivity index (χ0) is 17.5. The molecule has 0 aliphatic carbocycles. The zero-order valence-corrected chi connectivity index (χ0v) is 15.0. The van der Waals surface area contributed by atoms with E-state index in [1.807, 2.05) is 12.3 Å². The van der Waals surface area contributed by atoms with Crippen molar-refractivity contribution in [3.8, 4) is 17.0 Å². The van der Waals surface area contributed by atoms with Gasteiger partial charge in [0, 0.05) is 17.9 Å². The number of phenolic OH excluding ortho intramolecular Hbond substituents is 1. The molecule has 1 atom stereocenters. The van der Waals surface area contributed by atoms with Crippen molar-refractivity contribution in [1.29, 1.82) is 0 Å². The summed E-state index contributed by atoms with van der Waals surface area (Å²) in [5.74, 6) is 0.408. The first kappa shape index (κ1) is 18.3. The number of hydrogen-bond acceptors (Lipinski definition) is 6. The SMILES string of the molecule is CSCC[C@H](NC(C)=O)C(=O)Nc1nc(-c2cccc(O)c2)cs1. The number of nitrogens with one attached hydrogen (secondary N) is 2. The molecule has 2 aromatic rings. The van der Waals surface area contributed by atoms with Gasteiger partial charge < -0.3 is 15.7 Å². The molecule has 0 spiro atoms. The van der Waals surface area contributed by atoms with Gasteiger partial charge in [-0.25, -0.2) is 4.98 Å². The normalized spacial score (nSPS) is 11.8. The molecule has 6 nitrogen and oxygen atoms in total. The van der Waals surface area contributed by atoms with Crippen molar-refractivity contribution in [2.45, 2.75) is 19.4 Å². The van der Waals surface area contributed by atoms with Gasteiger partial charge >= 0.3 is 0 Å². The number of carbonyl (C=O) groups excluding carboxylic acids is 2. The number of benzene rings is 1. The van der Waals surface area contributed by atoms with E-state index in [0.717, 1.165) is 11.3 Å². The van der Waals surface area contributed by atoms with Crippen molar-refractivity contribution in [1.82, 2.24) is 10.3 Å². The molecule has 8 heteroatoms. The van der Waals surface area contributed by atoms with Gasteiger partial charge in [0.1, 0.15) is 11.8 Å². The molecule has 0 radical (unpaired) electrons. The largest absolute Gasteiger partial charge is 0.508 e. The Balaban J connectivity index is 2.06. The summed E-state index contributed by atoms with van der Waals surface area (Å²) in [6, 6.07) is 6.18. The quantitative estimate of drug-likeness (QED) is 0.702. The molecule has 0 fully saturated rings. The highest BCUT2D eigenvalue weighted by atomic mass is 32.2. The third kappa shape index (κ3) is 5.24. The summed E-state index contributed by atoms with van der Waals surface area (Å²) in [4.78, 5) is 28.0. The van der Waals surface area contributed by atoms with Gasteiger partial charge in [0.15, 0.2) is 5.13 Å². The van der Waals surface area contributed by atoms with Crippen LogP contribution in [0.2, 0.25) is 0 Å². The summed E-state index contributed by atoms with van der Waals surface area (Å²) in [6.07, 6.45) is 2.50. The third-order valence-electron chi connectivity index (χ3n) is 3.18. The van der Waals surface area contributed by atoms with E-state index >= 15 is 0 Å². The summed E-state index contributed by atoms with van der Waals surface area (Å²) in [6.45, 7) is 1.39. The van der Waals surface area contributed by atoms with Gasteiger partial charge in [-0.3, -0.25) is 9.59 Å². The average molecular weight is 365 g/mol. The maximum atomic E-state index is 12.3. The molecule has 1 heterocycles.